The van der Waals surface area contributed by atoms with Crippen molar-refractivity contribution in [2.24, 2.45) is 0 Å². The van der Waals surface area contributed by atoms with E-state index in [1.165, 1.54) is 0 Å². The van der Waals surface area contributed by atoms with Gasteiger partial charge in [0.15, 0.2) is 0 Å². The molecule has 3 nitrogen and oxygen atoms in total. The van der Waals surface area contributed by atoms with Crippen molar-refractivity contribution in [1.29, 1.82) is 0 Å². The lowest BCUT2D eigenvalue weighted by molar-refractivity contribution is 1.31. The van der Waals surface area contributed by atoms with Crippen LogP contribution < -0.4 is 11.1 Å². The van der Waals surface area contributed by atoms with E-state index >= 15 is 0 Å². The van der Waals surface area contributed by atoms with E-state index in [4.69, 9.17) is 28.9 Å². The molecule has 1 aromatic carbocycles. The maximum atomic E-state index is 6.01. The normalized spacial score (nSPS) is 10.1. The van der Waals surface area contributed by atoms with Crippen LogP contribution in [0.15, 0.2) is 36.5 Å². The average molecular weight is 254 g/mol. The van der Waals surface area contributed by atoms with Crippen LogP contribution in [0.2, 0.25) is 10.0 Å². The number of nitrogens with two attached hydrogens (primary N) is 1. The number of nitrogens with one attached hydrogen (secondary N) is 1. The van der Waals surface area contributed by atoms with E-state index in [0.29, 0.717) is 27.2 Å². The topological polar surface area (TPSA) is 50.9 Å². The summed E-state index contributed by atoms with van der Waals surface area (Å²) in [5.74, 6) is 0.643. The highest BCUT2D eigenvalue weighted by atomic mass is 35.5. The fraction of sp³-hybridized carbons (Fsp3) is 0. The molecule has 5 heteroatoms. The van der Waals surface area contributed by atoms with E-state index in [1.807, 2.05) is 0 Å². The Labute approximate surface area is 103 Å². The van der Waals surface area contributed by atoms with Gasteiger partial charge in [0.2, 0.25) is 0 Å². The lowest BCUT2D eigenvalue weighted by Crippen LogP contribution is -1.95. The number of hydrogen-bond acceptors (Lipinski definition) is 3. The van der Waals surface area contributed by atoms with E-state index in [1.54, 1.807) is 36.5 Å². The Bertz CT molecular complexity index is 477. The Morgan fingerprint density at radius 2 is 1.75 bits per heavy atom. The zero-order valence-electron chi connectivity index (χ0n) is 8.24. The Morgan fingerprint density at radius 3 is 2.31 bits per heavy atom. The van der Waals surface area contributed by atoms with Crippen molar-refractivity contribution < 1.29 is 0 Å². The molecule has 0 spiro atoms. The molecule has 0 saturated heterocycles. The van der Waals surface area contributed by atoms with Crippen LogP contribution >= 0.6 is 23.2 Å². The summed E-state index contributed by atoms with van der Waals surface area (Å²) in [6, 6.07) is 8.81. The van der Waals surface area contributed by atoms with Gasteiger partial charge in [-0.05, 0) is 24.3 Å². The second-order valence-electron chi connectivity index (χ2n) is 3.20. The number of nitrogens with zero attached hydrogens (tertiary/aromatic N) is 1. The summed E-state index contributed by atoms with van der Waals surface area (Å²) in [6.45, 7) is 0. The van der Waals surface area contributed by atoms with E-state index in [9.17, 15) is 0 Å². The van der Waals surface area contributed by atoms with Crippen molar-refractivity contribution >= 4 is 40.4 Å². The highest BCUT2D eigenvalue weighted by Crippen LogP contribution is 2.31. The molecule has 0 saturated carbocycles. The maximum absolute atomic E-state index is 6.01. The van der Waals surface area contributed by atoms with Crippen molar-refractivity contribution in [3.63, 3.8) is 0 Å². The quantitative estimate of drug-likeness (QED) is 0.858. The standard InChI is InChI=1S/C11H9Cl2N3/c12-8-2-1-3-9(13)11(8)16-10-5-4-7(14)6-15-10/h1-6H,14H2,(H,15,16). The van der Waals surface area contributed by atoms with Gasteiger partial charge in [-0.25, -0.2) is 4.98 Å². The molecule has 0 fully saturated rings. The minimum Gasteiger partial charge on any atom is -0.397 e. The molecule has 1 heterocycles. The van der Waals surface area contributed by atoms with Crippen molar-refractivity contribution in [2.45, 2.75) is 0 Å². The summed E-state index contributed by atoms with van der Waals surface area (Å²) >= 11 is 12.0. The Morgan fingerprint density at radius 1 is 1.06 bits per heavy atom. The summed E-state index contributed by atoms with van der Waals surface area (Å²) in [5, 5.41) is 4.13. The van der Waals surface area contributed by atoms with Gasteiger partial charge >= 0.3 is 0 Å². The van der Waals surface area contributed by atoms with Crippen LogP contribution in [0.4, 0.5) is 17.2 Å². The van der Waals surface area contributed by atoms with Gasteiger partial charge in [0.25, 0.3) is 0 Å². The zero-order chi connectivity index (χ0) is 11.5. The summed E-state index contributed by atoms with van der Waals surface area (Å²) in [6.07, 6.45) is 1.56. The number of nitrogen functional groups attached to an aromatic ring is 1. The molecule has 2 aromatic rings. The third-order valence-electron chi connectivity index (χ3n) is 2.00. The van der Waals surface area contributed by atoms with Crippen molar-refractivity contribution in [3.8, 4) is 0 Å². The van der Waals surface area contributed by atoms with E-state index in [-0.39, 0.29) is 0 Å². The zero-order valence-corrected chi connectivity index (χ0v) is 9.76. The van der Waals surface area contributed by atoms with E-state index in [2.05, 4.69) is 10.3 Å². The summed E-state index contributed by atoms with van der Waals surface area (Å²) in [4.78, 5) is 4.10. The fourth-order valence-corrected chi connectivity index (χ4v) is 1.72. The molecule has 0 unspecified atom stereocenters. The first-order valence-electron chi connectivity index (χ1n) is 4.59. The third kappa shape index (κ3) is 2.38. The number of aromatic nitrogens is 1. The van der Waals surface area contributed by atoms with Crippen LogP contribution in [-0.4, -0.2) is 4.98 Å². The number of pyridine rings is 1. The van der Waals surface area contributed by atoms with Crippen LogP contribution in [0.1, 0.15) is 0 Å². The van der Waals surface area contributed by atoms with Gasteiger partial charge in [0, 0.05) is 0 Å². The van der Waals surface area contributed by atoms with Crippen molar-refractivity contribution in [3.05, 3.63) is 46.6 Å². The molecule has 0 aliphatic rings. The summed E-state index contributed by atoms with van der Waals surface area (Å²) in [5.41, 5.74) is 6.79. The molecule has 1 aromatic heterocycles. The lowest BCUT2D eigenvalue weighted by Gasteiger charge is -2.09. The molecule has 0 aliphatic carbocycles. The van der Waals surface area contributed by atoms with Gasteiger partial charge in [-0.2, -0.15) is 0 Å². The molecule has 82 valence electrons. The predicted molar refractivity (Wildman–Crippen MR) is 68.4 cm³/mol. The maximum Gasteiger partial charge on any atom is 0.130 e. The Balaban J connectivity index is 2.30. The van der Waals surface area contributed by atoms with Crippen molar-refractivity contribution in [2.75, 3.05) is 11.1 Å². The van der Waals surface area contributed by atoms with Crippen molar-refractivity contribution in [1.82, 2.24) is 4.98 Å². The predicted octanol–water partition coefficient (Wildman–Crippen LogP) is 3.71. The third-order valence-corrected chi connectivity index (χ3v) is 2.63. The molecule has 2 rings (SSSR count). The van der Waals surface area contributed by atoms with Gasteiger partial charge in [-0.3, -0.25) is 0 Å². The first-order chi connectivity index (χ1) is 7.66. The highest BCUT2D eigenvalue weighted by molar-refractivity contribution is 6.39. The molecular weight excluding hydrogens is 245 g/mol. The number of halogens is 2. The molecule has 0 atom stereocenters. The van der Waals surface area contributed by atoms with Crippen LogP contribution in [0, 0.1) is 0 Å². The highest BCUT2D eigenvalue weighted by Gasteiger charge is 2.05. The van der Waals surface area contributed by atoms with Crippen LogP contribution in [0.25, 0.3) is 0 Å². The number of anilines is 3. The summed E-state index contributed by atoms with van der Waals surface area (Å²) in [7, 11) is 0. The van der Waals surface area contributed by atoms with Gasteiger partial charge in [0.05, 0.1) is 27.6 Å². The first-order valence-corrected chi connectivity index (χ1v) is 5.35. The monoisotopic (exact) mass is 253 g/mol. The SMILES string of the molecule is Nc1ccc(Nc2c(Cl)cccc2Cl)nc1. The van der Waals surface area contributed by atoms with E-state index < -0.39 is 0 Å². The molecule has 0 bridgehead atoms. The number of hydrogen-bond donors (Lipinski definition) is 2. The molecule has 0 radical (unpaired) electrons. The first kappa shape index (κ1) is 11.0. The smallest absolute Gasteiger partial charge is 0.130 e. The number of benzene rings is 1. The van der Waals surface area contributed by atoms with Crippen LogP contribution in [0.3, 0.4) is 0 Å². The summed E-state index contributed by atoms with van der Waals surface area (Å²) < 4.78 is 0. The fourth-order valence-electron chi connectivity index (χ4n) is 1.22. The Kier molecular flexibility index (Phi) is 3.17. The van der Waals surface area contributed by atoms with Gasteiger partial charge in [-0.15, -0.1) is 0 Å². The minimum absolute atomic E-state index is 0.547. The van der Waals surface area contributed by atoms with Crippen LogP contribution in [0.5, 0.6) is 0 Å². The van der Waals surface area contributed by atoms with Gasteiger partial charge < -0.3 is 11.1 Å². The average Bonchev–Trinajstić information content (AvgIpc) is 2.26. The molecule has 0 aliphatic heterocycles. The molecule has 0 amide bonds. The number of para-hydroxylation sites is 1. The molecule has 16 heavy (non-hydrogen) atoms. The molecular formula is C11H9Cl2N3. The van der Waals surface area contributed by atoms with Crippen LogP contribution in [-0.2, 0) is 0 Å². The largest absolute Gasteiger partial charge is 0.397 e. The van der Waals surface area contributed by atoms with Gasteiger partial charge in [-0.1, -0.05) is 29.3 Å². The van der Waals surface area contributed by atoms with E-state index in [0.717, 1.165) is 0 Å². The second-order valence-corrected chi connectivity index (χ2v) is 4.01. The number of rotatable bonds is 2. The second kappa shape index (κ2) is 4.60. The Hall–Kier alpha value is -1.45. The molecule has 3 N–H and O–H groups in total. The lowest BCUT2D eigenvalue weighted by atomic mass is 10.3. The minimum atomic E-state index is 0.547. The van der Waals surface area contributed by atoms with Gasteiger partial charge in [0.1, 0.15) is 5.82 Å².